The molecule has 2 aromatic carbocycles. The average molecular weight is 555 g/mol. The predicted molar refractivity (Wildman–Crippen MR) is 142 cm³/mol. The summed E-state index contributed by atoms with van der Waals surface area (Å²) in [6, 6.07) is 9.81. The third kappa shape index (κ3) is 6.51. The zero-order valence-electron chi connectivity index (χ0n) is 21.2. The third-order valence-corrected chi connectivity index (χ3v) is 7.36. The molecule has 0 bridgehead atoms. The number of aromatic nitrogens is 2. The van der Waals surface area contributed by atoms with E-state index < -0.39 is 29.5 Å². The summed E-state index contributed by atoms with van der Waals surface area (Å²) in [5.74, 6) is -2.60. The van der Waals surface area contributed by atoms with Crippen LogP contribution in [0.25, 0.3) is 16.6 Å². The highest BCUT2D eigenvalue weighted by Crippen LogP contribution is 2.24. The van der Waals surface area contributed by atoms with E-state index in [2.05, 4.69) is 4.98 Å². The molecule has 0 atom stereocenters. The van der Waals surface area contributed by atoms with E-state index in [4.69, 9.17) is 10.5 Å². The van der Waals surface area contributed by atoms with Gasteiger partial charge in [0.2, 0.25) is 5.91 Å². The molecule has 1 aliphatic rings. The first-order valence-electron chi connectivity index (χ1n) is 12.4. The van der Waals surface area contributed by atoms with Gasteiger partial charge in [-0.05, 0) is 62.2 Å². The number of nitrogens with zero attached hydrogens (tertiary/aromatic N) is 3. The first-order chi connectivity index (χ1) is 18.7. The van der Waals surface area contributed by atoms with Crippen LogP contribution in [-0.2, 0) is 19.1 Å². The Morgan fingerprint density at radius 1 is 1.10 bits per heavy atom. The van der Waals surface area contributed by atoms with Crippen LogP contribution in [0.2, 0.25) is 0 Å². The van der Waals surface area contributed by atoms with Gasteiger partial charge in [0.05, 0.1) is 29.0 Å². The van der Waals surface area contributed by atoms with Gasteiger partial charge >= 0.3 is 5.97 Å². The molecule has 1 saturated heterocycles. The summed E-state index contributed by atoms with van der Waals surface area (Å²) in [5, 5.41) is 0.369. The van der Waals surface area contributed by atoms with E-state index >= 15 is 0 Å². The highest BCUT2D eigenvalue weighted by atomic mass is 32.2. The van der Waals surface area contributed by atoms with Crippen molar-refractivity contribution in [1.29, 1.82) is 0 Å². The topological polar surface area (TPSA) is 142 Å². The lowest BCUT2D eigenvalue weighted by Gasteiger charge is -2.30. The second-order valence-corrected chi connectivity index (χ2v) is 9.96. The first kappa shape index (κ1) is 28.0. The van der Waals surface area contributed by atoms with Gasteiger partial charge in [-0.2, -0.15) is 0 Å². The number of carbonyl (C=O) groups is 4. The number of benzene rings is 2. The molecule has 2 amide bonds. The smallest absolute Gasteiger partial charge is 0.313 e. The molecule has 12 heteroatoms. The van der Waals surface area contributed by atoms with Crippen molar-refractivity contribution in [2.24, 2.45) is 11.7 Å². The quantitative estimate of drug-likeness (QED) is 0.184. The number of hydrogen-bond acceptors (Lipinski definition) is 8. The number of rotatable bonds is 9. The van der Waals surface area contributed by atoms with Gasteiger partial charge in [0.15, 0.2) is 10.9 Å². The Labute approximate surface area is 227 Å². The average Bonchev–Trinajstić information content (AvgIpc) is 2.92. The van der Waals surface area contributed by atoms with E-state index in [0.717, 1.165) is 11.8 Å². The number of ketones is 1. The van der Waals surface area contributed by atoms with Crippen molar-refractivity contribution < 1.29 is 28.3 Å². The van der Waals surface area contributed by atoms with E-state index in [-0.39, 0.29) is 46.2 Å². The van der Waals surface area contributed by atoms with Gasteiger partial charge in [-0.15, -0.1) is 0 Å². The van der Waals surface area contributed by atoms with E-state index in [1.807, 2.05) is 0 Å². The number of nitrogens with two attached hydrogens (primary N) is 1. The molecule has 10 nitrogen and oxygen atoms in total. The molecule has 1 aromatic heterocycles. The van der Waals surface area contributed by atoms with Gasteiger partial charge in [0.25, 0.3) is 11.5 Å². The highest BCUT2D eigenvalue weighted by Gasteiger charge is 2.27. The van der Waals surface area contributed by atoms with Crippen molar-refractivity contribution in [1.82, 2.24) is 14.5 Å². The van der Waals surface area contributed by atoms with E-state index in [0.29, 0.717) is 37.2 Å². The van der Waals surface area contributed by atoms with Gasteiger partial charge in [-0.1, -0.05) is 11.8 Å². The number of Topliss-reactive ketones (excluding diaryl/α,β-unsaturated/α-hetero) is 1. The van der Waals surface area contributed by atoms with Crippen molar-refractivity contribution in [2.75, 3.05) is 25.4 Å². The summed E-state index contributed by atoms with van der Waals surface area (Å²) in [7, 11) is 0. The monoisotopic (exact) mass is 554 g/mol. The minimum absolute atomic E-state index is 0.142. The van der Waals surface area contributed by atoms with Crippen LogP contribution in [0.15, 0.2) is 52.4 Å². The fourth-order valence-electron chi connectivity index (χ4n) is 4.33. The van der Waals surface area contributed by atoms with Crippen LogP contribution < -0.4 is 11.3 Å². The number of halogens is 1. The number of hydrogen-bond donors (Lipinski definition) is 1. The molecule has 2 heterocycles. The molecule has 0 radical (unpaired) electrons. The van der Waals surface area contributed by atoms with E-state index in [1.54, 1.807) is 17.9 Å². The maximum absolute atomic E-state index is 13.6. The van der Waals surface area contributed by atoms with Crippen molar-refractivity contribution in [3.8, 4) is 5.69 Å². The SMILES string of the molecule is CCOC(=O)CC(=O)CSc1nc2cc(C(=O)N3CCC(C(N)=O)CC3)ccc2c(=O)n1-c1ccc(F)cc1. The summed E-state index contributed by atoms with van der Waals surface area (Å²) < 4.78 is 19.7. The normalized spacial score (nSPS) is 13.8. The maximum atomic E-state index is 13.6. The van der Waals surface area contributed by atoms with Crippen LogP contribution in [0.1, 0.15) is 36.5 Å². The first-order valence-corrected chi connectivity index (χ1v) is 13.4. The van der Waals surface area contributed by atoms with Crippen molar-refractivity contribution in [3.63, 3.8) is 0 Å². The van der Waals surface area contributed by atoms with Crippen molar-refractivity contribution in [3.05, 3.63) is 64.2 Å². The van der Waals surface area contributed by atoms with Gasteiger partial charge in [-0.25, -0.2) is 9.37 Å². The third-order valence-electron chi connectivity index (χ3n) is 6.36. The van der Waals surface area contributed by atoms with Crippen LogP contribution in [0.4, 0.5) is 4.39 Å². The fourth-order valence-corrected chi connectivity index (χ4v) is 5.20. The van der Waals surface area contributed by atoms with Crippen LogP contribution in [-0.4, -0.2) is 63.5 Å². The predicted octanol–water partition coefficient (Wildman–Crippen LogP) is 2.48. The Morgan fingerprint density at radius 2 is 1.79 bits per heavy atom. The second-order valence-electron chi connectivity index (χ2n) is 9.02. The van der Waals surface area contributed by atoms with E-state index in [9.17, 15) is 28.4 Å². The minimum Gasteiger partial charge on any atom is -0.466 e. The number of carbonyl (C=O) groups excluding carboxylic acids is 4. The number of likely N-dealkylation sites (tertiary alicyclic amines) is 1. The number of primary amides is 1. The molecule has 1 fully saturated rings. The van der Waals surface area contributed by atoms with E-state index in [1.165, 1.54) is 41.0 Å². The Hall–Kier alpha value is -4.06. The lowest BCUT2D eigenvalue weighted by Crippen LogP contribution is -2.41. The fraction of sp³-hybridized carbons (Fsp3) is 0.333. The molecule has 0 saturated carbocycles. The summed E-state index contributed by atoms with van der Waals surface area (Å²) in [6.07, 6.45) is 0.548. The standard InChI is InChI=1S/C27H27FN4O6S/c1-2-38-23(34)14-20(33)15-39-27-30-22-13-17(25(36)31-11-9-16(10-12-31)24(29)35)3-8-21(22)26(37)32(27)19-6-4-18(28)5-7-19/h3-8,13,16H,2,9-12,14-15H2,1H3,(H2,29,35). The van der Waals surface area contributed by atoms with Gasteiger partial charge in [0.1, 0.15) is 12.2 Å². The van der Waals surface area contributed by atoms with Gasteiger partial charge in [0, 0.05) is 24.6 Å². The van der Waals surface area contributed by atoms with Crippen LogP contribution >= 0.6 is 11.8 Å². The van der Waals surface area contributed by atoms with Crippen LogP contribution in [0, 0.1) is 11.7 Å². The Balaban J connectivity index is 1.67. The Morgan fingerprint density at radius 3 is 2.44 bits per heavy atom. The zero-order chi connectivity index (χ0) is 28.1. The molecular weight excluding hydrogens is 527 g/mol. The molecular formula is C27H27FN4O6S. The lowest BCUT2D eigenvalue weighted by atomic mass is 9.96. The number of amides is 2. The zero-order valence-corrected chi connectivity index (χ0v) is 22.0. The summed E-state index contributed by atoms with van der Waals surface area (Å²) in [6.45, 7) is 2.56. The lowest BCUT2D eigenvalue weighted by molar-refractivity contribution is -0.145. The number of piperidine rings is 1. The Kier molecular flexibility index (Phi) is 8.75. The number of fused-ring (bicyclic) bond motifs is 1. The highest BCUT2D eigenvalue weighted by molar-refractivity contribution is 7.99. The molecule has 0 aliphatic carbocycles. The second kappa shape index (κ2) is 12.2. The molecule has 39 heavy (non-hydrogen) atoms. The molecule has 0 unspecified atom stereocenters. The molecule has 3 aromatic rings. The molecule has 2 N–H and O–H groups in total. The number of esters is 1. The molecule has 204 valence electrons. The minimum atomic E-state index is -0.645. The summed E-state index contributed by atoms with van der Waals surface area (Å²) in [5.41, 5.74) is 5.83. The molecule has 4 rings (SSSR count). The van der Waals surface area contributed by atoms with Crippen LogP contribution in [0.3, 0.4) is 0 Å². The molecule has 0 spiro atoms. The van der Waals surface area contributed by atoms with Crippen molar-refractivity contribution >= 4 is 46.2 Å². The number of thioether (sulfide) groups is 1. The van der Waals surface area contributed by atoms with Crippen LogP contribution in [0.5, 0.6) is 0 Å². The van der Waals surface area contributed by atoms with Gasteiger partial charge < -0.3 is 15.4 Å². The summed E-state index contributed by atoms with van der Waals surface area (Å²) >= 11 is 0.950. The number of ether oxygens (including phenoxy) is 1. The maximum Gasteiger partial charge on any atom is 0.313 e. The Bertz CT molecular complexity index is 1480. The van der Waals surface area contributed by atoms with Crippen molar-refractivity contribution in [2.45, 2.75) is 31.3 Å². The largest absolute Gasteiger partial charge is 0.466 e. The molecule has 1 aliphatic heterocycles. The van der Waals surface area contributed by atoms with Gasteiger partial charge in [-0.3, -0.25) is 28.5 Å². The summed E-state index contributed by atoms with van der Waals surface area (Å²) in [4.78, 5) is 68.4.